The molecule has 29 heavy (non-hydrogen) atoms. The van der Waals surface area contributed by atoms with Gasteiger partial charge in [0.25, 0.3) is 11.8 Å². The van der Waals surface area contributed by atoms with E-state index in [0.717, 1.165) is 32.1 Å². The molecular formula is C21H30N4O4. The van der Waals surface area contributed by atoms with E-state index in [-0.39, 0.29) is 30.2 Å². The first-order chi connectivity index (χ1) is 14.1. The molecule has 0 bridgehead atoms. The maximum atomic E-state index is 12.8. The number of hydrogen-bond acceptors (Lipinski definition) is 5. The van der Waals surface area contributed by atoms with Crippen LogP contribution in [0.5, 0.6) is 5.75 Å². The molecule has 1 aromatic rings. The van der Waals surface area contributed by atoms with E-state index >= 15 is 0 Å². The predicted molar refractivity (Wildman–Crippen MR) is 109 cm³/mol. The Morgan fingerprint density at radius 1 is 1.03 bits per heavy atom. The molecule has 1 aliphatic heterocycles. The Balaban J connectivity index is 1.46. The molecule has 1 aliphatic carbocycles. The Bertz CT molecular complexity index is 733. The molecule has 3 N–H and O–H groups in total. The minimum absolute atomic E-state index is 0.0178. The van der Waals surface area contributed by atoms with Gasteiger partial charge in [0.1, 0.15) is 11.8 Å². The molecule has 2 fully saturated rings. The average molecular weight is 402 g/mol. The molecule has 1 saturated heterocycles. The van der Waals surface area contributed by atoms with Crippen molar-refractivity contribution >= 4 is 23.4 Å². The van der Waals surface area contributed by atoms with Gasteiger partial charge in [0.15, 0.2) is 0 Å². The van der Waals surface area contributed by atoms with Crippen LogP contribution in [0, 0.1) is 5.92 Å². The number of carbonyl (C=O) groups excluding carboxylic acids is 3. The van der Waals surface area contributed by atoms with Crippen molar-refractivity contribution < 1.29 is 19.1 Å². The van der Waals surface area contributed by atoms with Gasteiger partial charge in [-0.15, -0.1) is 0 Å². The smallest absolute Gasteiger partial charge is 0.261 e. The predicted octanol–water partition coefficient (Wildman–Crippen LogP) is 1.83. The second-order valence-corrected chi connectivity index (χ2v) is 7.62. The topological polar surface area (TPSA) is 99.8 Å². The molecule has 1 heterocycles. The number of benzene rings is 1. The fourth-order valence-corrected chi connectivity index (χ4v) is 4.11. The van der Waals surface area contributed by atoms with Crippen molar-refractivity contribution in [1.29, 1.82) is 0 Å². The Hall–Kier alpha value is -2.77. The van der Waals surface area contributed by atoms with Crippen LogP contribution in [0.4, 0.5) is 5.69 Å². The molecule has 0 aromatic heterocycles. The van der Waals surface area contributed by atoms with E-state index in [1.807, 2.05) is 12.1 Å². The van der Waals surface area contributed by atoms with Crippen molar-refractivity contribution in [1.82, 2.24) is 15.8 Å². The summed E-state index contributed by atoms with van der Waals surface area (Å²) in [5, 5.41) is 2.97. The highest BCUT2D eigenvalue weighted by Gasteiger charge is 2.37. The van der Waals surface area contributed by atoms with Gasteiger partial charge >= 0.3 is 0 Å². The lowest BCUT2D eigenvalue weighted by molar-refractivity contribution is -0.143. The number of hydrazine groups is 1. The van der Waals surface area contributed by atoms with E-state index in [1.54, 1.807) is 24.1 Å². The molecule has 0 spiro atoms. The maximum Gasteiger partial charge on any atom is 0.261 e. The van der Waals surface area contributed by atoms with E-state index in [0.29, 0.717) is 24.4 Å². The third-order valence-corrected chi connectivity index (χ3v) is 5.66. The van der Waals surface area contributed by atoms with Crippen LogP contribution >= 0.6 is 0 Å². The molecule has 3 rings (SSSR count). The maximum absolute atomic E-state index is 12.8. The Morgan fingerprint density at radius 3 is 2.55 bits per heavy atom. The molecule has 8 nitrogen and oxygen atoms in total. The van der Waals surface area contributed by atoms with Gasteiger partial charge < -0.3 is 15.0 Å². The first kappa shape index (κ1) is 21.0. The zero-order chi connectivity index (χ0) is 20.6. The van der Waals surface area contributed by atoms with Crippen LogP contribution in [0.15, 0.2) is 24.3 Å². The van der Waals surface area contributed by atoms with Gasteiger partial charge in [-0.05, 0) is 37.8 Å². The standard InChI is InChI=1S/C21H30N4O4/c1-29-18-12-6-5-10-16(18)22-14-19(26)23-24-20(27)17-11-7-13-25(17)21(28)15-8-3-2-4-9-15/h5-6,10,12,15,17,22H,2-4,7-9,11,13-14H2,1H3,(H,23,26)(H,24,27). The summed E-state index contributed by atoms with van der Waals surface area (Å²) in [6, 6.07) is 6.76. The van der Waals surface area contributed by atoms with Crippen molar-refractivity contribution in [3.8, 4) is 5.75 Å². The molecule has 1 aromatic carbocycles. The second kappa shape index (κ2) is 10.1. The van der Waals surface area contributed by atoms with E-state index in [4.69, 9.17) is 4.74 Å². The zero-order valence-electron chi connectivity index (χ0n) is 16.9. The summed E-state index contributed by atoms with van der Waals surface area (Å²) in [6.45, 7) is 0.590. The van der Waals surface area contributed by atoms with Gasteiger partial charge in [0, 0.05) is 12.5 Å². The monoisotopic (exact) mass is 402 g/mol. The van der Waals surface area contributed by atoms with Gasteiger partial charge in [-0.1, -0.05) is 31.4 Å². The number of nitrogens with zero attached hydrogens (tertiary/aromatic N) is 1. The number of nitrogens with one attached hydrogen (secondary N) is 3. The summed E-state index contributed by atoms with van der Waals surface area (Å²) in [5.74, 6) is 0.0418. The first-order valence-electron chi connectivity index (χ1n) is 10.4. The molecule has 1 unspecified atom stereocenters. The number of likely N-dealkylation sites (tertiary alicyclic amines) is 1. The summed E-state index contributed by atoms with van der Waals surface area (Å²) in [6.07, 6.45) is 6.60. The molecule has 2 aliphatic rings. The molecule has 0 radical (unpaired) electrons. The van der Waals surface area contributed by atoms with Crippen LogP contribution in [0.25, 0.3) is 0 Å². The largest absolute Gasteiger partial charge is 0.495 e. The van der Waals surface area contributed by atoms with Crippen molar-refractivity contribution in [3.63, 3.8) is 0 Å². The lowest BCUT2D eigenvalue weighted by Crippen LogP contribution is -2.53. The highest BCUT2D eigenvalue weighted by Crippen LogP contribution is 2.28. The normalized spacial score (nSPS) is 19.5. The fraction of sp³-hybridized carbons (Fsp3) is 0.571. The fourth-order valence-electron chi connectivity index (χ4n) is 4.11. The number of para-hydroxylation sites is 2. The molecule has 3 amide bonds. The number of rotatable bonds is 6. The molecular weight excluding hydrogens is 372 g/mol. The third kappa shape index (κ3) is 5.40. The van der Waals surface area contributed by atoms with Crippen LogP contribution in [0.1, 0.15) is 44.9 Å². The summed E-state index contributed by atoms with van der Waals surface area (Å²) >= 11 is 0. The van der Waals surface area contributed by atoms with Gasteiger partial charge in [0.05, 0.1) is 19.3 Å². The average Bonchev–Trinajstić information content (AvgIpc) is 3.26. The van der Waals surface area contributed by atoms with Crippen molar-refractivity contribution in [2.45, 2.75) is 51.0 Å². The SMILES string of the molecule is COc1ccccc1NCC(=O)NNC(=O)C1CCCN1C(=O)C1CCCCC1. The van der Waals surface area contributed by atoms with Crippen molar-refractivity contribution in [3.05, 3.63) is 24.3 Å². The van der Waals surface area contributed by atoms with Gasteiger partial charge in [-0.2, -0.15) is 0 Å². The van der Waals surface area contributed by atoms with E-state index in [1.165, 1.54) is 6.42 Å². The molecule has 1 saturated carbocycles. The lowest BCUT2D eigenvalue weighted by Gasteiger charge is -2.30. The highest BCUT2D eigenvalue weighted by molar-refractivity contribution is 5.91. The van der Waals surface area contributed by atoms with Gasteiger partial charge in [0.2, 0.25) is 5.91 Å². The number of carbonyl (C=O) groups is 3. The number of hydrogen-bond donors (Lipinski definition) is 3. The lowest BCUT2D eigenvalue weighted by atomic mass is 9.88. The third-order valence-electron chi connectivity index (χ3n) is 5.66. The van der Waals surface area contributed by atoms with E-state index in [9.17, 15) is 14.4 Å². The Morgan fingerprint density at radius 2 is 1.79 bits per heavy atom. The van der Waals surface area contributed by atoms with Gasteiger partial charge in [-0.3, -0.25) is 25.2 Å². The van der Waals surface area contributed by atoms with E-state index in [2.05, 4.69) is 16.2 Å². The number of ether oxygens (including phenoxy) is 1. The Kier molecular flexibility index (Phi) is 7.32. The van der Waals surface area contributed by atoms with Crippen molar-refractivity contribution in [2.24, 2.45) is 5.92 Å². The minimum atomic E-state index is -0.507. The number of amides is 3. The summed E-state index contributed by atoms with van der Waals surface area (Å²) in [7, 11) is 1.56. The van der Waals surface area contributed by atoms with Crippen LogP contribution in [0.2, 0.25) is 0 Å². The number of methoxy groups -OCH3 is 1. The van der Waals surface area contributed by atoms with Crippen LogP contribution in [-0.2, 0) is 14.4 Å². The Labute approximate surface area is 171 Å². The molecule has 1 atom stereocenters. The summed E-state index contributed by atoms with van der Waals surface area (Å²) < 4.78 is 5.23. The van der Waals surface area contributed by atoms with Crippen LogP contribution in [-0.4, -0.2) is 48.9 Å². The number of anilines is 1. The van der Waals surface area contributed by atoms with E-state index < -0.39 is 6.04 Å². The van der Waals surface area contributed by atoms with Crippen LogP contribution < -0.4 is 20.9 Å². The van der Waals surface area contributed by atoms with Gasteiger partial charge in [-0.25, -0.2) is 0 Å². The zero-order valence-corrected chi connectivity index (χ0v) is 16.9. The second-order valence-electron chi connectivity index (χ2n) is 7.62. The summed E-state index contributed by atoms with van der Waals surface area (Å²) in [5.41, 5.74) is 5.59. The first-order valence-corrected chi connectivity index (χ1v) is 10.4. The van der Waals surface area contributed by atoms with Crippen LogP contribution in [0.3, 0.4) is 0 Å². The molecule has 8 heteroatoms. The summed E-state index contributed by atoms with van der Waals surface area (Å²) in [4.78, 5) is 39.2. The highest BCUT2D eigenvalue weighted by atomic mass is 16.5. The quantitative estimate of drug-likeness (QED) is 0.631. The van der Waals surface area contributed by atoms with Crippen molar-refractivity contribution in [2.75, 3.05) is 25.5 Å². The molecule has 158 valence electrons. The minimum Gasteiger partial charge on any atom is -0.495 e.